The Morgan fingerprint density at radius 1 is 1.10 bits per heavy atom. The Morgan fingerprint density at radius 3 is 2.48 bits per heavy atom. The van der Waals surface area contributed by atoms with E-state index < -0.39 is 0 Å². The highest BCUT2D eigenvalue weighted by atomic mass is 16.5. The molecule has 2 aromatic rings. The van der Waals surface area contributed by atoms with Crippen LogP contribution in [0.4, 0.5) is 0 Å². The van der Waals surface area contributed by atoms with Gasteiger partial charge in [-0.1, -0.05) is 42.8 Å². The fourth-order valence-electron chi connectivity index (χ4n) is 3.04. The van der Waals surface area contributed by atoms with Gasteiger partial charge in [-0.05, 0) is 54.0 Å². The SMILES string of the molecule is COc1ccc(C(N)c2cccc(C3CCC3)c2)cc1C. The van der Waals surface area contributed by atoms with Crippen LogP contribution in [0, 0.1) is 6.92 Å². The highest BCUT2D eigenvalue weighted by Gasteiger charge is 2.20. The van der Waals surface area contributed by atoms with Crippen molar-refractivity contribution in [3.05, 3.63) is 64.7 Å². The van der Waals surface area contributed by atoms with Gasteiger partial charge in [-0.25, -0.2) is 0 Å². The maximum absolute atomic E-state index is 6.46. The van der Waals surface area contributed by atoms with E-state index >= 15 is 0 Å². The number of hydrogen-bond acceptors (Lipinski definition) is 2. The molecule has 2 heteroatoms. The average Bonchev–Trinajstić information content (AvgIpc) is 2.45. The Morgan fingerprint density at radius 2 is 1.86 bits per heavy atom. The molecule has 0 bridgehead atoms. The quantitative estimate of drug-likeness (QED) is 0.906. The van der Waals surface area contributed by atoms with Gasteiger partial charge in [0, 0.05) is 0 Å². The van der Waals surface area contributed by atoms with Crippen LogP contribution in [0.25, 0.3) is 0 Å². The van der Waals surface area contributed by atoms with Crippen molar-refractivity contribution in [3.63, 3.8) is 0 Å². The standard InChI is InChI=1S/C19H23NO/c1-13-11-17(9-10-18(13)21-2)19(20)16-8-4-7-15(12-16)14-5-3-6-14/h4,7-12,14,19H,3,5-6,20H2,1-2H3. The lowest BCUT2D eigenvalue weighted by molar-refractivity contribution is 0.411. The van der Waals surface area contributed by atoms with Gasteiger partial charge in [0.25, 0.3) is 0 Å². The van der Waals surface area contributed by atoms with E-state index in [9.17, 15) is 0 Å². The number of methoxy groups -OCH3 is 1. The molecule has 1 unspecified atom stereocenters. The maximum Gasteiger partial charge on any atom is 0.121 e. The zero-order valence-electron chi connectivity index (χ0n) is 12.8. The Labute approximate surface area is 126 Å². The molecule has 2 aromatic carbocycles. The van der Waals surface area contributed by atoms with Crippen LogP contribution in [0.3, 0.4) is 0 Å². The fourth-order valence-corrected chi connectivity index (χ4v) is 3.04. The van der Waals surface area contributed by atoms with Gasteiger partial charge in [0.15, 0.2) is 0 Å². The van der Waals surface area contributed by atoms with E-state index in [1.54, 1.807) is 7.11 Å². The first-order chi connectivity index (χ1) is 10.2. The first-order valence-corrected chi connectivity index (χ1v) is 7.69. The third-order valence-electron chi connectivity index (χ3n) is 4.62. The van der Waals surface area contributed by atoms with E-state index in [0.717, 1.165) is 22.8 Å². The summed E-state index contributed by atoms with van der Waals surface area (Å²) in [5.41, 5.74) is 11.4. The molecule has 1 fully saturated rings. The van der Waals surface area contributed by atoms with Gasteiger partial charge in [-0.15, -0.1) is 0 Å². The molecule has 1 aliphatic carbocycles. The van der Waals surface area contributed by atoms with Crippen molar-refractivity contribution < 1.29 is 4.74 Å². The molecular weight excluding hydrogens is 258 g/mol. The van der Waals surface area contributed by atoms with Crippen molar-refractivity contribution in [1.82, 2.24) is 0 Å². The topological polar surface area (TPSA) is 35.2 Å². The van der Waals surface area contributed by atoms with Crippen LogP contribution in [-0.2, 0) is 0 Å². The molecule has 0 aromatic heterocycles. The predicted molar refractivity (Wildman–Crippen MR) is 86.8 cm³/mol. The van der Waals surface area contributed by atoms with Crippen LogP contribution in [0.5, 0.6) is 5.75 Å². The Bertz CT molecular complexity index is 631. The minimum atomic E-state index is -0.0744. The summed E-state index contributed by atoms with van der Waals surface area (Å²) < 4.78 is 5.32. The normalized spacial score (nSPS) is 16.3. The molecule has 0 saturated heterocycles. The summed E-state index contributed by atoms with van der Waals surface area (Å²) in [5.74, 6) is 1.66. The van der Waals surface area contributed by atoms with Crippen molar-refractivity contribution in [1.29, 1.82) is 0 Å². The van der Waals surface area contributed by atoms with Crippen LogP contribution in [0.15, 0.2) is 42.5 Å². The van der Waals surface area contributed by atoms with E-state index in [1.807, 2.05) is 6.07 Å². The molecule has 21 heavy (non-hydrogen) atoms. The van der Waals surface area contributed by atoms with Crippen LogP contribution in [0.2, 0.25) is 0 Å². The van der Waals surface area contributed by atoms with Gasteiger partial charge < -0.3 is 10.5 Å². The van der Waals surface area contributed by atoms with E-state index in [4.69, 9.17) is 10.5 Å². The molecule has 0 spiro atoms. The van der Waals surface area contributed by atoms with Crippen molar-refractivity contribution in [2.75, 3.05) is 7.11 Å². The number of rotatable bonds is 4. The minimum absolute atomic E-state index is 0.0744. The number of benzene rings is 2. The van der Waals surface area contributed by atoms with Gasteiger partial charge >= 0.3 is 0 Å². The highest BCUT2D eigenvalue weighted by molar-refractivity contribution is 5.41. The van der Waals surface area contributed by atoms with Crippen molar-refractivity contribution in [2.24, 2.45) is 5.73 Å². The molecule has 0 radical (unpaired) electrons. The molecule has 2 N–H and O–H groups in total. The third-order valence-corrected chi connectivity index (χ3v) is 4.62. The monoisotopic (exact) mass is 281 g/mol. The van der Waals surface area contributed by atoms with Crippen LogP contribution < -0.4 is 10.5 Å². The Balaban J connectivity index is 1.87. The van der Waals surface area contributed by atoms with Gasteiger partial charge in [-0.3, -0.25) is 0 Å². The second-order valence-electron chi connectivity index (χ2n) is 6.00. The van der Waals surface area contributed by atoms with Gasteiger partial charge in [0.1, 0.15) is 5.75 Å². The molecule has 1 saturated carbocycles. The molecule has 110 valence electrons. The molecule has 1 aliphatic rings. The number of ether oxygens (including phenoxy) is 1. The fraction of sp³-hybridized carbons (Fsp3) is 0.368. The first-order valence-electron chi connectivity index (χ1n) is 7.69. The number of aryl methyl sites for hydroxylation is 1. The lowest BCUT2D eigenvalue weighted by Gasteiger charge is -2.26. The summed E-state index contributed by atoms with van der Waals surface area (Å²) in [7, 11) is 1.70. The summed E-state index contributed by atoms with van der Waals surface area (Å²) in [6.07, 6.45) is 4.00. The summed E-state index contributed by atoms with van der Waals surface area (Å²) in [5, 5.41) is 0. The van der Waals surface area contributed by atoms with Crippen molar-refractivity contribution in [3.8, 4) is 5.75 Å². The van der Waals surface area contributed by atoms with Crippen LogP contribution >= 0.6 is 0 Å². The number of hydrogen-bond donors (Lipinski definition) is 1. The van der Waals surface area contributed by atoms with Crippen LogP contribution in [-0.4, -0.2) is 7.11 Å². The van der Waals surface area contributed by atoms with Crippen molar-refractivity contribution >= 4 is 0 Å². The second-order valence-corrected chi connectivity index (χ2v) is 6.00. The number of nitrogens with two attached hydrogens (primary N) is 1. The third kappa shape index (κ3) is 2.81. The molecule has 3 rings (SSSR count). The molecule has 0 aliphatic heterocycles. The molecular formula is C19H23NO. The smallest absolute Gasteiger partial charge is 0.121 e. The summed E-state index contributed by atoms with van der Waals surface area (Å²) in [4.78, 5) is 0. The summed E-state index contributed by atoms with van der Waals surface area (Å²) in [6, 6.07) is 14.9. The summed E-state index contributed by atoms with van der Waals surface area (Å²) in [6.45, 7) is 2.06. The lowest BCUT2D eigenvalue weighted by atomic mass is 9.79. The predicted octanol–water partition coefficient (Wildman–Crippen LogP) is 4.32. The first kappa shape index (κ1) is 14.2. The average molecular weight is 281 g/mol. The molecule has 0 amide bonds. The van der Waals surface area contributed by atoms with Crippen molar-refractivity contribution in [2.45, 2.75) is 38.1 Å². The van der Waals surface area contributed by atoms with Gasteiger partial charge in [0.2, 0.25) is 0 Å². The van der Waals surface area contributed by atoms with E-state index in [1.165, 1.54) is 30.4 Å². The summed E-state index contributed by atoms with van der Waals surface area (Å²) >= 11 is 0. The largest absolute Gasteiger partial charge is 0.496 e. The van der Waals surface area contributed by atoms with E-state index in [0.29, 0.717) is 0 Å². The zero-order chi connectivity index (χ0) is 14.8. The van der Waals surface area contributed by atoms with Crippen LogP contribution in [0.1, 0.15) is 53.5 Å². The van der Waals surface area contributed by atoms with Gasteiger partial charge in [0.05, 0.1) is 13.2 Å². The highest BCUT2D eigenvalue weighted by Crippen LogP contribution is 2.37. The Hall–Kier alpha value is -1.80. The molecule has 2 nitrogen and oxygen atoms in total. The second kappa shape index (κ2) is 5.90. The van der Waals surface area contributed by atoms with Gasteiger partial charge in [-0.2, -0.15) is 0 Å². The van der Waals surface area contributed by atoms with E-state index in [-0.39, 0.29) is 6.04 Å². The minimum Gasteiger partial charge on any atom is -0.496 e. The van der Waals surface area contributed by atoms with E-state index in [2.05, 4.69) is 43.3 Å². The lowest BCUT2D eigenvalue weighted by Crippen LogP contribution is -2.14. The maximum atomic E-state index is 6.46. The molecule has 0 heterocycles. The zero-order valence-corrected chi connectivity index (χ0v) is 12.8. The Kier molecular flexibility index (Phi) is 3.98. The molecule has 1 atom stereocenters.